The number of hydrogen-bond acceptors (Lipinski definition) is 5. The molecule has 5 rings (SSSR count). The van der Waals surface area contributed by atoms with E-state index in [4.69, 9.17) is 4.74 Å². The number of rotatable bonds is 6. The molecule has 4 aliphatic rings. The number of benzene rings is 1. The van der Waals surface area contributed by atoms with Crippen LogP contribution in [0.15, 0.2) is 18.2 Å². The fraction of sp³-hybridized carbons (Fsp3) is 0.625. The quantitative estimate of drug-likeness (QED) is 0.709. The molecule has 1 aromatic rings. The van der Waals surface area contributed by atoms with Gasteiger partial charge >= 0.3 is 0 Å². The first-order valence-electron chi connectivity index (χ1n) is 11.7. The van der Waals surface area contributed by atoms with E-state index < -0.39 is 6.04 Å². The molecule has 7 nitrogen and oxygen atoms in total. The summed E-state index contributed by atoms with van der Waals surface area (Å²) in [5, 5.41) is 2.35. The molecule has 31 heavy (non-hydrogen) atoms. The van der Waals surface area contributed by atoms with Crippen molar-refractivity contribution in [1.29, 1.82) is 0 Å². The van der Waals surface area contributed by atoms with E-state index in [0.29, 0.717) is 31.2 Å². The van der Waals surface area contributed by atoms with Gasteiger partial charge in [-0.25, -0.2) is 0 Å². The highest BCUT2D eigenvalue weighted by Gasteiger charge is 2.39. The predicted octanol–water partition coefficient (Wildman–Crippen LogP) is 2.48. The molecule has 2 saturated heterocycles. The van der Waals surface area contributed by atoms with Crippen molar-refractivity contribution in [3.8, 4) is 5.75 Å². The summed E-state index contributed by atoms with van der Waals surface area (Å²) in [5.41, 5.74) is 1.52. The smallest absolute Gasteiger partial charge is 0.255 e. The molecule has 3 fully saturated rings. The molecule has 2 unspecified atom stereocenters. The van der Waals surface area contributed by atoms with E-state index in [9.17, 15) is 14.4 Å². The van der Waals surface area contributed by atoms with Gasteiger partial charge in [-0.15, -0.1) is 0 Å². The zero-order chi connectivity index (χ0) is 21.4. The van der Waals surface area contributed by atoms with Crippen LogP contribution < -0.4 is 10.1 Å². The first-order valence-corrected chi connectivity index (χ1v) is 11.7. The topological polar surface area (TPSA) is 79.0 Å². The van der Waals surface area contributed by atoms with Crippen LogP contribution in [-0.4, -0.2) is 59.3 Å². The van der Waals surface area contributed by atoms with Crippen molar-refractivity contribution in [3.05, 3.63) is 29.3 Å². The average Bonchev–Trinajstić information content (AvgIpc) is 3.05. The zero-order valence-electron chi connectivity index (χ0n) is 18.0. The molecule has 3 aliphatic heterocycles. The largest absolute Gasteiger partial charge is 0.492 e. The minimum absolute atomic E-state index is 0.144. The number of carbonyl (C=O) groups excluding carboxylic acids is 3. The Morgan fingerprint density at radius 2 is 1.90 bits per heavy atom. The molecule has 1 aromatic carbocycles. The third-order valence-electron chi connectivity index (χ3n) is 7.40. The lowest BCUT2D eigenvalue weighted by Crippen LogP contribution is -2.52. The van der Waals surface area contributed by atoms with Crippen LogP contribution in [0.25, 0.3) is 0 Å². The summed E-state index contributed by atoms with van der Waals surface area (Å²) in [6.07, 6.45) is 8.48. The minimum atomic E-state index is -0.579. The zero-order valence-corrected chi connectivity index (χ0v) is 18.0. The molecular formula is C24H31N3O4. The monoisotopic (exact) mass is 425 g/mol. The second-order valence-electron chi connectivity index (χ2n) is 9.47. The van der Waals surface area contributed by atoms with Crippen LogP contribution in [0.2, 0.25) is 0 Å². The molecule has 0 spiro atoms. The van der Waals surface area contributed by atoms with Crippen LogP contribution in [0.3, 0.4) is 0 Å². The highest BCUT2D eigenvalue weighted by molar-refractivity contribution is 6.05. The van der Waals surface area contributed by atoms with E-state index in [2.05, 4.69) is 10.2 Å². The standard InChI is InChI=1S/C24H31N3O4/c28-22-10-9-21(23(29)25-22)27-14-17-12-19(7-8-20(17)24(27)30)31-15-18-6-1-2-11-26(18)13-16-4-3-5-16/h7-8,12,16,18,21H,1-6,9-11,13-15H2,(H,25,28,29). The maximum absolute atomic E-state index is 12.8. The molecule has 2 atom stereocenters. The number of piperidine rings is 2. The van der Waals surface area contributed by atoms with E-state index in [1.54, 1.807) is 4.90 Å². The lowest BCUT2D eigenvalue weighted by Gasteiger charge is -2.40. The van der Waals surface area contributed by atoms with Crippen molar-refractivity contribution in [2.75, 3.05) is 19.7 Å². The molecule has 1 aliphatic carbocycles. The summed E-state index contributed by atoms with van der Waals surface area (Å²) in [6.45, 7) is 3.43. The normalized spacial score (nSPS) is 27.1. The van der Waals surface area contributed by atoms with Crippen molar-refractivity contribution in [3.63, 3.8) is 0 Å². The van der Waals surface area contributed by atoms with Gasteiger partial charge in [0.1, 0.15) is 18.4 Å². The van der Waals surface area contributed by atoms with Gasteiger partial charge in [0.2, 0.25) is 11.8 Å². The van der Waals surface area contributed by atoms with Crippen LogP contribution in [0.5, 0.6) is 5.75 Å². The van der Waals surface area contributed by atoms with Crippen LogP contribution in [0, 0.1) is 5.92 Å². The summed E-state index contributed by atoms with van der Waals surface area (Å²) in [7, 11) is 0. The Balaban J connectivity index is 1.22. The number of amides is 3. The van der Waals surface area contributed by atoms with E-state index in [-0.39, 0.29) is 24.1 Å². The van der Waals surface area contributed by atoms with Crippen molar-refractivity contribution in [1.82, 2.24) is 15.1 Å². The van der Waals surface area contributed by atoms with Gasteiger partial charge in [0.05, 0.1) is 0 Å². The van der Waals surface area contributed by atoms with Crippen molar-refractivity contribution in [2.24, 2.45) is 5.92 Å². The third kappa shape index (κ3) is 4.20. The van der Waals surface area contributed by atoms with E-state index in [0.717, 1.165) is 17.2 Å². The molecule has 0 bridgehead atoms. The van der Waals surface area contributed by atoms with Crippen molar-refractivity contribution in [2.45, 2.75) is 70.0 Å². The maximum Gasteiger partial charge on any atom is 0.255 e. The lowest BCUT2D eigenvalue weighted by molar-refractivity contribution is -0.136. The fourth-order valence-corrected chi connectivity index (χ4v) is 5.33. The number of nitrogens with one attached hydrogen (secondary N) is 1. The Labute approximate surface area is 183 Å². The van der Waals surface area contributed by atoms with Gasteiger partial charge in [-0.3, -0.25) is 24.6 Å². The lowest BCUT2D eigenvalue weighted by atomic mass is 9.84. The molecule has 0 radical (unpaired) electrons. The molecule has 3 amide bonds. The van der Waals surface area contributed by atoms with Gasteiger partial charge in [0, 0.05) is 31.1 Å². The summed E-state index contributed by atoms with van der Waals surface area (Å²) < 4.78 is 6.19. The second kappa shape index (κ2) is 8.61. The first kappa shape index (κ1) is 20.5. The molecule has 3 heterocycles. The number of carbonyl (C=O) groups is 3. The van der Waals surface area contributed by atoms with Crippen LogP contribution in [-0.2, 0) is 16.1 Å². The number of ether oxygens (including phenoxy) is 1. The number of hydrogen-bond donors (Lipinski definition) is 1. The molecule has 166 valence electrons. The number of imide groups is 1. The molecule has 1 saturated carbocycles. The number of nitrogens with zero attached hydrogens (tertiary/aromatic N) is 2. The Morgan fingerprint density at radius 3 is 2.68 bits per heavy atom. The number of fused-ring (bicyclic) bond motifs is 1. The fourth-order valence-electron chi connectivity index (χ4n) is 5.33. The Morgan fingerprint density at radius 1 is 1.03 bits per heavy atom. The molecular weight excluding hydrogens is 394 g/mol. The minimum Gasteiger partial charge on any atom is -0.492 e. The van der Waals surface area contributed by atoms with Gasteiger partial charge in [0.15, 0.2) is 0 Å². The predicted molar refractivity (Wildman–Crippen MR) is 115 cm³/mol. The Hall–Kier alpha value is -2.41. The molecule has 0 aromatic heterocycles. The van der Waals surface area contributed by atoms with Gasteiger partial charge in [-0.1, -0.05) is 12.8 Å². The van der Waals surface area contributed by atoms with E-state index in [1.807, 2.05) is 18.2 Å². The molecule has 7 heteroatoms. The second-order valence-corrected chi connectivity index (χ2v) is 9.47. The SMILES string of the molecule is O=C1CCC(N2Cc3cc(OCC4CCCCN4CC4CCC4)ccc3C2=O)C(=O)N1. The third-order valence-corrected chi connectivity index (χ3v) is 7.40. The summed E-state index contributed by atoms with van der Waals surface area (Å²) in [4.78, 5) is 40.7. The Kier molecular flexibility index (Phi) is 5.69. The van der Waals surface area contributed by atoms with Crippen molar-refractivity contribution >= 4 is 17.7 Å². The summed E-state index contributed by atoms with van der Waals surface area (Å²) in [6, 6.07) is 5.50. The van der Waals surface area contributed by atoms with Crippen LogP contribution >= 0.6 is 0 Å². The maximum atomic E-state index is 12.8. The van der Waals surface area contributed by atoms with Gasteiger partial charge in [0.25, 0.3) is 5.91 Å². The highest BCUT2D eigenvalue weighted by Crippen LogP contribution is 2.32. The highest BCUT2D eigenvalue weighted by atomic mass is 16.5. The van der Waals surface area contributed by atoms with Crippen molar-refractivity contribution < 1.29 is 19.1 Å². The number of likely N-dealkylation sites (tertiary alicyclic amines) is 1. The van der Waals surface area contributed by atoms with Crippen LogP contribution in [0.1, 0.15) is 67.3 Å². The van der Waals surface area contributed by atoms with E-state index >= 15 is 0 Å². The van der Waals surface area contributed by atoms with Crippen LogP contribution in [0.4, 0.5) is 0 Å². The summed E-state index contributed by atoms with van der Waals surface area (Å²) in [5.74, 6) is 0.860. The first-order chi connectivity index (χ1) is 15.1. The van der Waals surface area contributed by atoms with E-state index in [1.165, 1.54) is 51.6 Å². The summed E-state index contributed by atoms with van der Waals surface area (Å²) >= 11 is 0. The van der Waals surface area contributed by atoms with Gasteiger partial charge in [-0.05, 0) is 68.3 Å². The van der Waals surface area contributed by atoms with Gasteiger partial charge < -0.3 is 9.64 Å². The molecule has 1 N–H and O–H groups in total. The van der Waals surface area contributed by atoms with Gasteiger partial charge in [-0.2, -0.15) is 0 Å². The Bertz CT molecular complexity index is 882. The average molecular weight is 426 g/mol.